The molecule has 2 aromatic heterocycles. The van der Waals surface area contributed by atoms with Crippen molar-refractivity contribution < 1.29 is 13.9 Å². The van der Waals surface area contributed by atoms with Crippen molar-refractivity contribution in [3.05, 3.63) is 24.1 Å². The highest BCUT2D eigenvalue weighted by atomic mass is 16.5. The van der Waals surface area contributed by atoms with Crippen molar-refractivity contribution in [1.29, 1.82) is 0 Å². The molecule has 6 nitrogen and oxygen atoms in total. The Morgan fingerprint density at radius 3 is 2.91 bits per heavy atom. The number of piperidine rings is 3. The number of nitrogens with one attached hydrogen (secondary N) is 1. The Balaban J connectivity index is 1.59. The molecular formula is C17H21N3O3. The minimum absolute atomic E-state index is 0.160. The van der Waals surface area contributed by atoms with E-state index in [4.69, 9.17) is 9.15 Å². The van der Waals surface area contributed by atoms with Crippen LogP contribution in [0.3, 0.4) is 0 Å². The number of hydrogen-bond acceptors (Lipinski definition) is 5. The van der Waals surface area contributed by atoms with Gasteiger partial charge >= 0.3 is 0 Å². The van der Waals surface area contributed by atoms with Crippen LogP contribution in [0.2, 0.25) is 0 Å². The summed E-state index contributed by atoms with van der Waals surface area (Å²) in [5, 5.41) is 3.96. The van der Waals surface area contributed by atoms with Crippen LogP contribution >= 0.6 is 0 Å². The highest BCUT2D eigenvalue weighted by molar-refractivity contribution is 5.96. The van der Waals surface area contributed by atoms with Crippen LogP contribution in [0.25, 0.3) is 11.0 Å². The first kappa shape index (κ1) is 14.5. The normalized spacial score (nSPS) is 29.7. The van der Waals surface area contributed by atoms with Gasteiger partial charge in [0.05, 0.1) is 18.8 Å². The number of carbonyl (C=O) groups is 1. The van der Waals surface area contributed by atoms with Gasteiger partial charge in [-0.15, -0.1) is 0 Å². The third-order valence-corrected chi connectivity index (χ3v) is 5.32. The van der Waals surface area contributed by atoms with Gasteiger partial charge in [0.1, 0.15) is 11.3 Å². The Labute approximate surface area is 134 Å². The van der Waals surface area contributed by atoms with Gasteiger partial charge in [-0.1, -0.05) is 0 Å². The zero-order chi connectivity index (χ0) is 16.0. The van der Waals surface area contributed by atoms with Crippen molar-refractivity contribution in [1.82, 2.24) is 15.2 Å². The number of ether oxygens (including phenoxy) is 1. The Bertz CT molecular complexity index is 732. The second-order valence-electron chi connectivity index (χ2n) is 6.46. The highest BCUT2D eigenvalue weighted by Crippen LogP contribution is 2.32. The van der Waals surface area contributed by atoms with Gasteiger partial charge in [0.25, 0.3) is 5.91 Å². The molecule has 0 saturated carbocycles. The topological polar surface area (TPSA) is 67.6 Å². The summed E-state index contributed by atoms with van der Waals surface area (Å²) in [5.41, 5.74) is 0.955. The van der Waals surface area contributed by atoms with E-state index in [9.17, 15) is 4.79 Å². The fourth-order valence-electron chi connectivity index (χ4n) is 3.98. The molecule has 5 rings (SSSR count). The van der Waals surface area contributed by atoms with Gasteiger partial charge in [-0.05, 0) is 44.8 Å². The number of nitrogens with zero attached hydrogens (tertiary/aromatic N) is 2. The van der Waals surface area contributed by atoms with E-state index in [1.807, 2.05) is 0 Å². The van der Waals surface area contributed by atoms with Crippen molar-refractivity contribution in [2.45, 2.75) is 31.8 Å². The monoisotopic (exact) mass is 315 g/mol. The summed E-state index contributed by atoms with van der Waals surface area (Å²) in [6.45, 7) is 4.48. The Morgan fingerprint density at radius 1 is 1.43 bits per heavy atom. The van der Waals surface area contributed by atoms with Gasteiger partial charge in [0, 0.05) is 18.2 Å². The summed E-state index contributed by atoms with van der Waals surface area (Å²) in [4.78, 5) is 19.5. The molecule has 3 fully saturated rings. The van der Waals surface area contributed by atoms with Gasteiger partial charge in [-0.25, -0.2) is 4.98 Å². The highest BCUT2D eigenvalue weighted by Gasteiger charge is 2.40. The first-order valence-electron chi connectivity index (χ1n) is 8.14. The van der Waals surface area contributed by atoms with Crippen LogP contribution in [0, 0.1) is 5.92 Å². The van der Waals surface area contributed by atoms with Gasteiger partial charge < -0.3 is 14.5 Å². The zero-order valence-corrected chi connectivity index (χ0v) is 13.4. The number of amides is 1. The Hall–Kier alpha value is -2.08. The lowest BCUT2D eigenvalue weighted by atomic mass is 9.79. The van der Waals surface area contributed by atoms with Crippen LogP contribution in [0.1, 0.15) is 30.3 Å². The molecule has 3 saturated heterocycles. The molecule has 0 spiro atoms. The van der Waals surface area contributed by atoms with Gasteiger partial charge in [0.2, 0.25) is 5.88 Å². The number of fused-ring (bicyclic) bond motifs is 4. The molecule has 1 amide bonds. The largest absolute Gasteiger partial charge is 0.480 e. The lowest BCUT2D eigenvalue weighted by molar-refractivity contribution is 0.0216. The van der Waals surface area contributed by atoms with Crippen LogP contribution in [-0.2, 0) is 0 Å². The molecule has 2 bridgehead atoms. The summed E-state index contributed by atoms with van der Waals surface area (Å²) < 4.78 is 10.7. The smallest absolute Gasteiger partial charge is 0.270 e. The third-order valence-electron chi connectivity index (χ3n) is 5.32. The molecule has 3 aliphatic heterocycles. The summed E-state index contributed by atoms with van der Waals surface area (Å²) >= 11 is 0. The molecule has 1 N–H and O–H groups in total. The van der Waals surface area contributed by atoms with E-state index in [1.165, 1.54) is 0 Å². The molecule has 2 aromatic rings. The van der Waals surface area contributed by atoms with Crippen molar-refractivity contribution in [2.75, 3.05) is 20.2 Å². The van der Waals surface area contributed by atoms with Gasteiger partial charge in [0.15, 0.2) is 0 Å². The number of methoxy groups -OCH3 is 1. The SMILES string of the molecule is COc1nc(C(=O)N[C@@H]2C3CCN(CC3)[C@H]2C)cc2occc12. The zero-order valence-electron chi connectivity index (χ0n) is 13.4. The molecule has 3 aliphatic rings. The first-order chi connectivity index (χ1) is 11.2. The third kappa shape index (κ3) is 2.37. The van der Waals surface area contributed by atoms with Gasteiger partial charge in [-0.3, -0.25) is 9.69 Å². The van der Waals surface area contributed by atoms with Crippen LogP contribution in [0.15, 0.2) is 22.8 Å². The van der Waals surface area contributed by atoms with Gasteiger partial charge in [-0.2, -0.15) is 0 Å². The Morgan fingerprint density at radius 2 is 2.22 bits per heavy atom. The average Bonchev–Trinajstić information content (AvgIpc) is 3.06. The molecule has 23 heavy (non-hydrogen) atoms. The van der Waals surface area contributed by atoms with Crippen molar-refractivity contribution in [3.63, 3.8) is 0 Å². The molecule has 5 heterocycles. The number of aromatic nitrogens is 1. The second-order valence-corrected chi connectivity index (χ2v) is 6.46. The van der Waals surface area contributed by atoms with E-state index < -0.39 is 0 Å². The number of carbonyl (C=O) groups excluding carboxylic acids is 1. The molecule has 2 atom stereocenters. The summed E-state index contributed by atoms with van der Waals surface area (Å²) in [6, 6.07) is 4.03. The summed E-state index contributed by atoms with van der Waals surface area (Å²) in [5.74, 6) is 0.823. The van der Waals surface area contributed by atoms with Crippen molar-refractivity contribution in [2.24, 2.45) is 5.92 Å². The maximum absolute atomic E-state index is 12.7. The lowest BCUT2D eigenvalue weighted by Gasteiger charge is -2.49. The maximum atomic E-state index is 12.7. The van der Waals surface area contributed by atoms with E-state index >= 15 is 0 Å². The molecular weight excluding hydrogens is 294 g/mol. The standard InChI is InChI=1S/C17H21N3O3/c1-10-15(11-3-6-20(10)7-4-11)19-16(21)13-9-14-12(5-8-23-14)17(18-13)22-2/h5,8-11,15H,3-4,6-7H2,1-2H3,(H,19,21)/t10-,15-/m0/s1. The predicted octanol–water partition coefficient (Wildman–Crippen LogP) is 2.05. The second kappa shape index (κ2) is 5.53. The molecule has 122 valence electrons. The molecule has 0 radical (unpaired) electrons. The minimum Gasteiger partial charge on any atom is -0.480 e. The predicted molar refractivity (Wildman–Crippen MR) is 85.6 cm³/mol. The number of furan rings is 1. The van der Waals surface area contributed by atoms with Crippen LogP contribution < -0.4 is 10.1 Å². The summed E-state index contributed by atoms with van der Waals surface area (Å²) in [6.07, 6.45) is 3.89. The summed E-state index contributed by atoms with van der Waals surface area (Å²) in [7, 11) is 1.55. The van der Waals surface area contributed by atoms with E-state index in [1.54, 1.807) is 25.5 Å². The number of rotatable bonds is 3. The fraction of sp³-hybridized carbons (Fsp3) is 0.529. The Kier molecular flexibility index (Phi) is 3.49. The lowest BCUT2D eigenvalue weighted by Crippen LogP contribution is -2.62. The van der Waals surface area contributed by atoms with E-state index in [0.717, 1.165) is 31.3 Å². The van der Waals surface area contributed by atoms with Crippen LogP contribution in [0.4, 0.5) is 0 Å². The van der Waals surface area contributed by atoms with E-state index in [0.29, 0.717) is 29.1 Å². The maximum Gasteiger partial charge on any atom is 0.270 e. The number of pyridine rings is 1. The van der Waals surface area contributed by atoms with Crippen LogP contribution in [0.5, 0.6) is 5.88 Å². The first-order valence-corrected chi connectivity index (χ1v) is 8.14. The quantitative estimate of drug-likeness (QED) is 0.939. The minimum atomic E-state index is -0.160. The average molecular weight is 315 g/mol. The number of hydrogen-bond donors (Lipinski definition) is 1. The van der Waals surface area contributed by atoms with Crippen LogP contribution in [-0.4, -0.2) is 48.1 Å². The van der Waals surface area contributed by atoms with E-state index in [-0.39, 0.29) is 11.9 Å². The molecule has 0 unspecified atom stereocenters. The fourth-order valence-corrected chi connectivity index (χ4v) is 3.98. The van der Waals surface area contributed by atoms with Crippen molar-refractivity contribution in [3.8, 4) is 5.88 Å². The molecule has 6 heteroatoms. The van der Waals surface area contributed by atoms with E-state index in [2.05, 4.69) is 22.1 Å². The van der Waals surface area contributed by atoms with Crippen molar-refractivity contribution >= 4 is 16.9 Å². The molecule has 0 aliphatic carbocycles. The molecule has 0 aromatic carbocycles.